The van der Waals surface area contributed by atoms with Gasteiger partial charge in [-0.3, -0.25) is 9.36 Å². The molecule has 124 valence electrons. The Morgan fingerprint density at radius 3 is 2.48 bits per heavy atom. The lowest BCUT2D eigenvalue weighted by atomic mass is 9.89. The summed E-state index contributed by atoms with van der Waals surface area (Å²) < 4.78 is 7.35. The summed E-state index contributed by atoms with van der Waals surface area (Å²) >= 11 is 23.9. The molecule has 1 unspecified atom stereocenters. The normalized spacial score (nSPS) is 13.0. The van der Waals surface area contributed by atoms with Crippen LogP contribution in [-0.2, 0) is 4.79 Å². The maximum Gasteiger partial charge on any atom is 0.237 e. The number of alkyl halides is 1. The number of imidazole rings is 1. The van der Waals surface area contributed by atoms with Crippen LogP contribution in [0, 0.1) is 5.41 Å². The van der Waals surface area contributed by atoms with Crippen molar-refractivity contribution in [2.24, 2.45) is 5.41 Å². The summed E-state index contributed by atoms with van der Waals surface area (Å²) in [6.07, 6.45) is 3.69. The molecular weight excluding hydrogens is 382 g/mol. The van der Waals surface area contributed by atoms with Crippen LogP contribution in [0.5, 0.6) is 5.75 Å². The Morgan fingerprint density at radius 2 is 1.91 bits per heavy atom. The van der Waals surface area contributed by atoms with E-state index in [-0.39, 0.29) is 27.5 Å². The number of hydrogen-bond donors (Lipinski definition) is 0. The van der Waals surface area contributed by atoms with Gasteiger partial charge in [-0.05, 0) is 6.07 Å². The van der Waals surface area contributed by atoms with E-state index in [1.165, 1.54) is 23.0 Å². The topological polar surface area (TPSA) is 44.1 Å². The van der Waals surface area contributed by atoms with E-state index in [1.807, 2.05) is 0 Å². The second-order valence-electron chi connectivity index (χ2n) is 5.56. The van der Waals surface area contributed by atoms with Gasteiger partial charge >= 0.3 is 0 Å². The maximum absolute atomic E-state index is 12.8. The van der Waals surface area contributed by atoms with Gasteiger partial charge in [-0.1, -0.05) is 48.7 Å². The van der Waals surface area contributed by atoms with E-state index in [1.54, 1.807) is 26.2 Å². The molecule has 0 aliphatic carbocycles. The number of rotatable bonds is 6. The Kier molecular flexibility index (Phi) is 5.84. The molecule has 8 heteroatoms. The molecule has 1 heterocycles. The first-order valence-electron chi connectivity index (χ1n) is 6.65. The summed E-state index contributed by atoms with van der Waals surface area (Å²) in [4.78, 5) is 16.7. The van der Waals surface area contributed by atoms with Crippen molar-refractivity contribution >= 4 is 52.2 Å². The van der Waals surface area contributed by atoms with Gasteiger partial charge in [0, 0.05) is 29.8 Å². The van der Waals surface area contributed by atoms with Crippen LogP contribution < -0.4 is 4.74 Å². The Balaban J connectivity index is 2.40. The van der Waals surface area contributed by atoms with E-state index < -0.39 is 11.6 Å². The van der Waals surface area contributed by atoms with Gasteiger partial charge in [0.2, 0.25) is 12.0 Å². The van der Waals surface area contributed by atoms with Crippen LogP contribution >= 0.6 is 46.4 Å². The lowest BCUT2D eigenvalue weighted by molar-refractivity contribution is -0.137. The highest BCUT2D eigenvalue weighted by Gasteiger charge is 2.36. The first kappa shape index (κ1) is 18.4. The van der Waals surface area contributed by atoms with Crippen LogP contribution in [0.25, 0.3) is 0 Å². The maximum atomic E-state index is 12.8. The Bertz CT molecular complexity index is 702. The molecule has 0 radical (unpaired) electrons. The summed E-state index contributed by atoms with van der Waals surface area (Å²) in [5.74, 6) is 0.182. The third-order valence-electron chi connectivity index (χ3n) is 3.23. The van der Waals surface area contributed by atoms with Crippen molar-refractivity contribution in [3.8, 4) is 5.75 Å². The molecule has 1 aromatic carbocycles. The number of aromatic nitrogens is 2. The number of carbonyl (C=O) groups excluding carboxylic acids is 1. The van der Waals surface area contributed by atoms with Gasteiger partial charge in [0.25, 0.3) is 0 Å². The van der Waals surface area contributed by atoms with Gasteiger partial charge in [0.05, 0.1) is 21.4 Å². The quantitative estimate of drug-likeness (QED) is 0.495. The smallest absolute Gasteiger partial charge is 0.237 e. The van der Waals surface area contributed by atoms with Gasteiger partial charge in [-0.2, -0.15) is 0 Å². The predicted molar refractivity (Wildman–Crippen MR) is 92.9 cm³/mol. The monoisotopic (exact) mass is 394 g/mol. The lowest BCUT2D eigenvalue weighted by Crippen LogP contribution is -2.36. The van der Waals surface area contributed by atoms with Crippen LogP contribution in [0.2, 0.25) is 15.1 Å². The fraction of sp³-hybridized carbons (Fsp3) is 0.333. The van der Waals surface area contributed by atoms with Gasteiger partial charge in [-0.15, -0.1) is 11.6 Å². The van der Waals surface area contributed by atoms with Crippen molar-refractivity contribution in [1.29, 1.82) is 0 Å². The molecule has 0 saturated carbocycles. The molecule has 1 aromatic heterocycles. The van der Waals surface area contributed by atoms with Gasteiger partial charge in [0.15, 0.2) is 0 Å². The van der Waals surface area contributed by atoms with Gasteiger partial charge in [0.1, 0.15) is 5.75 Å². The van der Waals surface area contributed by atoms with E-state index in [0.717, 1.165) is 0 Å². The van der Waals surface area contributed by atoms with Crippen LogP contribution in [0.4, 0.5) is 0 Å². The van der Waals surface area contributed by atoms with Crippen molar-refractivity contribution in [2.45, 2.75) is 20.1 Å². The zero-order valence-corrected chi connectivity index (χ0v) is 15.4. The molecule has 2 aromatic rings. The SMILES string of the molecule is CC(C)(CCl)C(=O)C(Oc1cc(Cl)c(Cl)cc1Cl)n1ccnc1. The minimum absolute atomic E-state index is 0.148. The predicted octanol–water partition coefficient (Wildman–Crippen LogP) is 5.26. The van der Waals surface area contributed by atoms with Gasteiger partial charge < -0.3 is 4.74 Å². The van der Waals surface area contributed by atoms with Crippen LogP contribution in [0.3, 0.4) is 0 Å². The number of Topliss-reactive ketones (excluding diaryl/α,β-unsaturated/α-hetero) is 1. The second-order valence-corrected chi connectivity index (χ2v) is 7.05. The van der Waals surface area contributed by atoms with Crippen LogP contribution in [0.1, 0.15) is 20.1 Å². The summed E-state index contributed by atoms with van der Waals surface area (Å²) in [5.41, 5.74) is -0.792. The Morgan fingerprint density at radius 1 is 1.26 bits per heavy atom. The second kappa shape index (κ2) is 7.31. The molecule has 0 saturated heterocycles. The average Bonchev–Trinajstić information content (AvgIpc) is 3.03. The fourth-order valence-corrected chi connectivity index (χ4v) is 2.49. The number of halogens is 4. The molecule has 0 aliphatic rings. The number of benzene rings is 1. The molecule has 0 bridgehead atoms. The highest BCUT2D eigenvalue weighted by Crippen LogP contribution is 2.37. The molecule has 1 atom stereocenters. The summed E-state index contributed by atoms with van der Waals surface area (Å²) in [6.45, 7) is 3.48. The number of hydrogen-bond acceptors (Lipinski definition) is 3. The van der Waals surface area contributed by atoms with E-state index in [2.05, 4.69) is 4.98 Å². The van der Waals surface area contributed by atoms with Crippen molar-refractivity contribution in [2.75, 3.05) is 5.88 Å². The fourth-order valence-electron chi connectivity index (χ4n) is 1.77. The molecule has 0 spiro atoms. The largest absolute Gasteiger partial charge is 0.461 e. The Labute approximate surface area is 154 Å². The molecule has 23 heavy (non-hydrogen) atoms. The number of carbonyl (C=O) groups is 1. The zero-order valence-electron chi connectivity index (χ0n) is 12.4. The average molecular weight is 396 g/mol. The van der Waals surface area contributed by atoms with Crippen molar-refractivity contribution < 1.29 is 9.53 Å². The van der Waals surface area contributed by atoms with Crippen LogP contribution in [-0.4, -0.2) is 21.2 Å². The van der Waals surface area contributed by atoms with Crippen LogP contribution in [0.15, 0.2) is 30.9 Å². The molecule has 0 amide bonds. The molecular formula is C15H14Cl4N2O2. The van der Waals surface area contributed by atoms with E-state index >= 15 is 0 Å². The lowest BCUT2D eigenvalue weighted by Gasteiger charge is -2.27. The molecule has 0 aliphatic heterocycles. The summed E-state index contributed by atoms with van der Waals surface area (Å²) in [7, 11) is 0. The summed E-state index contributed by atoms with van der Waals surface area (Å²) in [6, 6.07) is 2.93. The number of nitrogens with zero attached hydrogens (tertiary/aromatic N) is 2. The zero-order chi connectivity index (χ0) is 17.2. The minimum atomic E-state index is -0.971. The van der Waals surface area contributed by atoms with E-state index in [9.17, 15) is 4.79 Å². The Hall–Kier alpha value is -0.940. The van der Waals surface area contributed by atoms with E-state index in [4.69, 9.17) is 51.1 Å². The summed E-state index contributed by atoms with van der Waals surface area (Å²) in [5, 5.41) is 0.830. The standard InChI is InChI=1S/C15H14Cl4N2O2/c1-15(2,7-16)13(22)14(21-4-3-20-8-21)23-12-6-10(18)9(17)5-11(12)19/h3-6,8,14H,7H2,1-2H3. The van der Waals surface area contributed by atoms with Gasteiger partial charge in [-0.25, -0.2) is 4.98 Å². The molecule has 0 N–H and O–H groups in total. The van der Waals surface area contributed by atoms with E-state index in [0.29, 0.717) is 5.02 Å². The first-order chi connectivity index (χ1) is 10.8. The molecule has 4 nitrogen and oxygen atoms in total. The minimum Gasteiger partial charge on any atom is -0.461 e. The van der Waals surface area contributed by atoms with Crippen molar-refractivity contribution in [3.63, 3.8) is 0 Å². The van der Waals surface area contributed by atoms with Crippen molar-refractivity contribution in [1.82, 2.24) is 9.55 Å². The first-order valence-corrected chi connectivity index (χ1v) is 8.32. The highest BCUT2D eigenvalue weighted by molar-refractivity contribution is 6.43. The molecule has 2 rings (SSSR count). The van der Waals surface area contributed by atoms with Crippen molar-refractivity contribution in [3.05, 3.63) is 45.9 Å². The highest BCUT2D eigenvalue weighted by atomic mass is 35.5. The third kappa shape index (κ3) is 4.13. The number of ketones is 1. The third-order valence-corrected chi connectivity index (χ3v) is 4.92. The number of ether oxygens (including phenoxy) is 1. The molecule has 0 fully saturated rings.